The lowest BCUT2D eigenvalue weighted by Gasteiger charge is -2.10. The normalized spacial score (nSPS) is 11.3. The number of esters is 1. The average molecular weight is 409 g/mol. The number of thiophene rings is 1. The zero-order chi connectivity index (χ0) is 20.5. The predicted octanol–water partition coefficient (Wildman–Crippen LogP) is 4.30. The topological polar surface area (TPSA) is 73.2 Å². The summed E-state index contributed by atoms with van der Waals surface area (Å²) < 4.78 is 44.7. The van der Waals surface area contributed by atoms with Gasteiger partial charge in [0.05, 0.1) is 41.5 Å². The minimum absolute atomic E-state index is 0.166. The Hall–Kier alpha value is -3.14. The Morgan fingerprint density at radius 3 is 2.68 bits per heavy atom. The number of carbonyl (C=O) groups excluding carboxylic acids is 2. The van der Waals surface area contributed by atoms with Gasteiger partial charge in [-0.15, -0.1) is 11.3 Å². The summed E-state index contributed by atoms with van der Waals surface area (Å²) in [6, 6.07) is 6.20. The number of rotatable bonds is 4. The Kier molecular flexibility index (Phi) is 5.23. The van der Waals surface area contributed by atoms with Crippen LogP contribution in [0.1, 0.15) is 31.3 Å². The summed E-state index contributed by atoms with van der Waals surface area (Å²) in [6.07, 6.45) is -3.23. The summed E-state index contributed by atoms with van der Waals surface area (Å²) >= 11 is 1.11. The van der Waals surface area contributed by atoms with E-state index in [1.54, 1.807) is 18.4 Å². The van der Waals surface area contributed by atoms with Crippen LogP contribution in [0.15, 0.2) is 41.9 Å². The van der Waals surface area contributed by atoms with Crippen LogP contribution in [0, 0.1) is 6.92 Å². The number of nitrogens with one attached hydrogen (secondary N) is 1. The molecule has 10 heteroatoms. The van der Waals surface area contributed by atoms with Crippen molar-refractivity contribution in [1.29, 1.82) is 0 Å². The zero-order valence-electron chi connectivity index (χ0n) is 14.7. The molecule has 0 radical (unpaired) electrons. The van der Waals surface area contributed by atoms with Gasteiger partial charge in [-0.25, -0.2) is 9.48 Å². The molecule has 0 aliphatic rings. The van der Waals surface area contributed by atoms with Crippen LogP contribution in [0.5, 0.6) is 0 Å². The average Bonchev–Trinajstić information content (AvgIpc) is 3.27. The molecule has 146 valence electrons. The van der Waals surface area contributed by atoms with Gasteiger partial charge in [0.15, 0.2) is 0 Å². The second-order valence-electron chi connectivity index (χ2n) is 5.71. The maximum atomic E-state index is 12.9. The molecule has 0 bridgehead atoms. The fourth-order valence-corrected chi connectivity index (χ4v) is 3.32. The number of hydrogen-bond acceptors (Lipinski definition) is 5. The number of benzene rings is 1. The van der Waals surface area contributed by atoms with Crippen LogP contribution in [0.25, 0.3) is 5.69 Å². The lowest BCUT2D eigenvalue weighted by Crippen LogP contribution is -2.15. The molecule has 0 saturated carbocycles. The van der Waals surface area contributed by atoms with Crippen LogP contribution in [0.3, 0.4) is 0 Å². The standard InChI is InChI=1S/C18H14F3N3O3S/c1-10-13(16(25)23-14-6-7-28-15(14)17(26)27-2)9-22-24(10)12-5-3-4-11(8-12)18(19,20)21/h3-9H,1-2H3,(H,23,25). The van der Waals surface area contributed by atoms with E-state index in [1.807, 2.05) is 0 Å². The first kappa shape index (κ1) is 19.6. The van der Waals surface area contributed by atoms with Crippen LogP contribution in [-0.4, -0.2) is 28.8 Å². The molecule has 1 amide bonds. The number of ether oxygens (including phenoxy) is 1. The number of alkyl halides is 3. The van der Waals surface area contributed by atoms with Crippen molar-refractivity contribution in [3.8, 4) is 5.69 Å². The molecule has 0 fully saturated rings. The van der Waals surface area contributed by atoms with Gasteiger partial charge in [0.25, 0.3) is 5.91 Å². The molecule has 28 heavy (non-hydrogen) atoms. The Morgan fingerprint density at radius 1 is 1.25 bits per heavy atom. The van der Waals surface area contributed by atoms with Gasteiger partial charge in [-0.05, 0) is 36.6 Å². The molecule has 0 saturated heterocycles. The summed E-state index contributed by atoms with van der Waals surface area (Å²) in [4.78, 5) is 24.5. The van der Waals surface area contributed by atoms with Crippen LogP contribution in [-0.2, 0) is 10.9 Å². The van der Waals surface area contributed by atoms with Gasteiger partial charge in [-0.1, -0.05) is 6.07 Å². The molecule has 3 rings (SSSR count). The number of amides is 1. The zero-order valence-corrected chi connectivity index (χ0v) is 15.5. The van der Waals surface area contributed by atoms with Crippen molar-refractivity contribution in [1.82, 2.24) is 9.78 Å². The minimum atomic E-state index is -4.49. The Morgan fingerprint density at radius 2 is 2.00 bits per heavy atom. The number of halogens is 3. The molecule has 6 nitrogen and oxygen atoms in total. The first-order valence-electron chi connectivity index (χ1n) is 7.91. The monoisotopic (exact) mass is 409 g/mol. The maximum absolute atomic E-state index is 12.9. The lowest BCUT2D eigenvalue weighted by atomic mass is 10.2. The first-order valence-corrected chi connectivity index (χ1v) is 8.79. The van der Waals surface area contributed by atoms with Crippen molar-refractivity contribution in [2.45, 2.75) is 13.1 Å². The Balaban J connectivity index is 1.89. The van der Waals surface area contributed by atoms with Crippen molar-refractivity contribution in [3.63, 3.8) is 0 Å². The molecule has 3 aromatic rings. The van der Waals surface area contributed by atoms with Crippen LogP contribution in [0.4, 0.5) is 18.9 Å². The van der Waals surface area contributed by atoms with Crippen molar-refractivity contribution in [2.24, 2.45) is 0 Å². The van der Waals surface area contributed by atoms with Gasteiger partial charge >= 0.3 is 12.1 Å². The SMILES string of the molecule is COC(=O)c1sccc1NC(=O)c1cnn(-c2cccc(C(F)(F)F)c2)c1C. The fourth-order valence-electron chi connectivity index (χ4n) is 2.55. The molecule has 1 aromatic carbocycles. The molecular weight excluding hydrogens is 395 g/mol. The molecule has 1 N–H and O–H groups in total. The van der Waals surface area contributed by atoms with Crippen molar-refractivity contribution >= 4 is 28.9 Å². The number of carbonyl (C=O) groups is 2. The number of nitrogens with zero attached hydrogens (tertiary/aromatic N) is 2. The second kappa shape index (κ2) is 7.47. The molecule has 2 aromatic heterocycles. The van der Waals surface area contributed by atoms with E-state index in [4.69, 9.17) is 0 Å². The minimum Gasteiger partial charge on any atom is -0.465 e. The third kappa shape index (κ3) is 3.77. The quantitative estimate of drug-likeness (QED) is 0.652. The predicted molar refractivity (Wildman–Crippen MR) is 96.9 cm³/mol. The van der Waals surface area contributed by atoms with Crippen molar-refractivity contribution in [3.05, 3.63) is 63.6 Å². The molecule has 0 aliphatic heterocycles. The van der Waals surface area contributed by atoms with Crippen molar-refractivity contribution in [2.75, 3.05) is 12.4 Å². The maximum Gasteiger partial charge on any atom is 0.416 e. The van der Waals surface area contributed by atoms with Gasteiger partial charge in [-0.3, -0.25) is 4.79 Å². The summed E-state index contributed by atoms with van der Waals surface area (Å²) in [5, 5.41) is 8.26. The highest BCUT2D eigenvalue weighted by atomic mass is 32.1. The Labute approximate surface area is 161 Å². The Bertz CT molecular complexity index is 1040. The molecule has 2 heterocycles. The molecular formula is C18H14F3N3O3S. The largest absolute Gasteiger partial charge is 0.465 e. The summed E-state index contributed by atoms with van der Waals surface area (Å²) in [6.45, 7) is 1.57. The smallest absolute Gasteiger partial charge is 0.416 e. The van der Waals surface area contributed by atoms with E-state index < -0.39 is 23.6 Å². The first-order chi connectivity index (χ1) is 13.2. The highest BCUT2D eigenvalue weighted by Gasteiger charge is 2.30. The van der Waals surface area contributed by atoms with Gasteiger partial charge in [-0.2, -0.15) is 18.3 Å². The third-order valence-corrected chi connectivity index (χ3v) is 4.85. The molecule has 0 atom stereocenters. The number of aromatic nitrogens is 2. The van der Waals surface area contributed by atoms with Crippen LogP contribution >= 0.6 is 11.3 Å². The van der Waals surface area contributed by atoms with Gasteiger partial charge < -0.3 is 10.1 Å². The van der Waals surface area contributed by atoms with Crippen LogP contribution in [0.2, 0.25) is 0 Å². The number of anilines is 1. The van der Waals surface area contributed by atoms with E-state index in [-0.39, 0.29) is 21.8 Å². The van der Waals surface area contributed by atoms with Crippen LogP contribution < -0.4 is 5.32 Å². The van der Waals surface area contributed by atoms with E-state index in [0.717, 1.165) is 23.5 Å². The lowest BCUT2D eigenvalue weighted by molar-refractivity contribution is -0.137. The number of methoxy groups -OCH3 is 1. The third-order valence-electron chi connectivity index (χ3n) is 3.96. The van der Waals surface area contributed by atoms with E-state index in [1.165, 1.54) is 30.1 Å². The summed E-state index contributed by atoms with van der Waals surface area (Å²) in [5.41, 5.74) is 0.170. The van der Waals surface area contributed by atoms with E-state index >= 15 is 0 Å². The molecule has 0 aliphatic carbocycles. The summed E-state index contributed by atoms with van der Waals surface area (Å²) in [7, 11) is 1.23. The highest BCUT2D eigenvalue weighted by molar-refractivity contribution is 7.12. The van der Waals surface area contributed by atoms with Gasteiger partial charge in [0, 0.05) is 0 Å². The van der Waals surface area contributed by atoms with E-state index in [2.05, 4.69) is 15.2 Å². The highest BCUT2D eigenvalue weighted by Crippen LogP contribution is 2.30. The fraction of sp³-hybridized carbons (Fsp3) is 0.167. The summed E-state index contributed by atoms with van der Waals surface area (Å²) in [5.74, 6) is -1.12. The molecule has 0 unspecified atom stereocenters. The number of hydrogen-bond donors (Lipinski definition) is 1. The molecule has 0 spiro atoms. The second-order valence-corrected chi connectivity index (χ2v) is 6.63. The van der Waals surface area contributed by atoms with Gasteiger partial charge in [0.2, 0.25) is 0 Å². The van der Waals surface area contributed by atoms with Gasteiger partial charge in [0.1, 0.15) is 4.88 Å². The van der Waals surface area contributed by atoms with Crippen molar-refractivity contribution < 1.29 is 27.5 Å². The van der Waals surface area contributed by atoms with E-state index in [0.29, 0.717) is 5.69 Å². The van der Waals surface area contributed by atoms with E-state index in [9.17, 15) is 22.8 Å².